The number of thioether (sulfide) groups is 2. The molecule has 1 spiro atoms. The second-order valence-corrected chi connectivity index (χ2v) is 13.5. The molecular weight excluding hydrogens is 535 g/mol. The second-order valence-electron chi connectivity index (χ2n) is 9.51. The molecule has 7 nitrogen and oxygen atoms in total. The zero-order chi connectivity index (χ0) is 25.9. The number of rotatable bonds is 3. The Morgan fingerprint density at radius 1 is 1.03 bits per heavy atom. The van der Waals surface area contributed by atoms with Gasteiger partial charge in [-0.25, -0.2) is 0 Å². The van der Waals surface area contributed by atoms with Gasteiger partial charge in [0.15, 0.2) is 9.74 Å². The van der Waals surface area contributed by atoms with Crippen LogP contribution in [0.4, 0.5) is 11.4 Å². The van der Waals surface area contributed by atoms with E-state index in [1.54, 1.807) is 11.9 Å². The van der Waals surface area contributed by atoms with E-state index in [4.69, 9.17) is 20.6 Å². The Labute approximate surface area is 227 Å². The highest BCUT2D eigenvalue weighted by molar-refractivity contribution is 8.48. The minimum Gasteiger partial charge on any atom is -0.320 e. The first-order chi connectivity index (χ1) is 17.2. The largest absolute Gasteiger partial charge is 0.335 e. The van der Waals surface area contributed by atoms with E-state index in [0.717, 1.165) is 24.2 Å². The van der Waals surface area contributed by atoms with Crippen molar-refractivity contribution in [3.63, 3.8) is 0 Å². The lowest BCUT2D eigenvalue weighted by Crippen LogP contribution is -2.72. The lowest BCUT2D eigenvalue weighted by atomic mass is 9.74. The van der Waals surface area contributed by atoms with Gasteiger partial charge in [-0.3, -0.25) is 14.5 Å². The highest BCUT2D eigenvalue weighted by Crippen LogP contribution is 2.67. The Kier molecular flexibility index (Phi) is 6.34. The third kappa shape index (κ3) is 3.22. The number of amides is 2. The number of piperazine rings is 1. The molecule has 36 heavy (non-hydrogen) atoms. The van der Waals surface area contributed by atoms with Gasteiger partial charge in [0, 0.05) is 30.3 Å². The van der Waals surface area contributed by atoms with Crippen LogP contribution in [0.2, 0.25) is 0 Å². The molecule has 5 aliphatic rings. The number of thiocarbonyl (C=S) groups is 1. The highest BCUT2D eigenvalue weighted by atomic mass is 32.2. The van der Waals surface area contributed by atoms with Crippen molar-refractivity contribution in [1.29, 1.82) is 0 Å². The maximum Gasteiger partial charge on any atom is 0.335 e. The maximum absolute atomic E-state index is 14.3. The molecule has 4 saturated heterocycles. The third-order valence-electron chi connectivity index (χ3n) is 7.79. The van der Waals surface area contributed by atoms with Crippen molar-refractivity contribution >= 4 is 74.0 Å². The summed E-state index contributed by atoms with van der Waals surface area (Å²) in [5.74, 6) is -0.0454. The smallest absolute Gasteiger partial charge is 0.320 e. The first-order valence-corrected chi connectivity index (χ1v) is 14.3. The molecule has 2 aromatic carbocycles. The van der Waals surface area contributed by atoms with Crippen LogP contribution in [0, 0.1) is 0 Å². The molecule has 0 N–H and O–H groups in total. The fourth-order valence-corrected chi connectivity index (χ4v) is 10.2. The summed E-state index contributed by atoms with van der Waals surface area (Å²) in [6.07, 6.45) is 2.12. The zero-order valence-corrected chi connectivity index (χ0v) is 23.3. The second kappa shape index (κ2) is 8.97. The number of likely N-dealkylation sites (N-methyl/N-ethyl adjacent to an activating group) is 1. The van der Waals surface area contributed by atoms with Gasteiger partial charge < -0.3 is 9.80 Å². The number of para-hydroxylation sites is 2. The number of fused-ring (bicyclic) bond motifs is 6. The SMILES string of the molecule is CCCC12CC34SC(=S)S[C@](C)(C(=O)N3[C@@H]1N(c1ccccc1)c1ccccc12)N(C)C4=O.O=S=O. The molecule has 188 valence electrons. The van der Waals surface area contributed by atoms with Gasteiger partial charge in [-0.15, -0.1) is 0 Å². The number of benzene rings is 2. The van der Waals surface area contributed by atoms with Crippen LogP contribution in [-0.2, 0) is 26.6 Å². The van der Waals surface area contributed by atoms with Crippen molar-refractivity contribution in [2.24, 2.45) is 0 Å². The summed E-state index contributed by atoms with van der Waals surface area (Å²) in [5, 5.41) is 0. The van der Waals surface area contributed by atoms with Gasteiger partial charge in [0.25, 0.3) is 11.8 Å². The maximum atomic E-state index is 14.3. The summed E-state index contributed by atoms with van der Waals surface area (Å²) in [4.78, 5) is 32.2. The number of hydrogen-bond acceptors (Lipinski definition) is 8. The van der Waals surface area contributed by atoms with Crippen LogP contribution >= 0.6 is 35.7 Å². The molecule has 0 saturated carbocycles. The molecule has 11 heteroatoms. The summed E-state index contributed by atoms with van der Waals surface area (Å²) < 4.78 is 17.2. The van der Waals surface area contributed by atoms with Crippen molar-refractivity contribution in [2.75, 3.05) is 11.9 Å². The molecule has 0 aromatic heterocycles. The topological polar surface area (TPSA) is 78.0 Å². The summed E-state index contributed by atoms with van der Waals surface area (Å²) in [5.41, 5.74) is 3.02. The molecule has 2 aromatic rings. The number of anilines is 2. The van der Waals surface area contributed by atoms with Gasteiger partial charge in [0.2, 0.25) is 0 Å². The standard InChI is InChI=1S/C25H25N3O2S3.O2S/c1-4-14-24-15-25-21(30)26(3)23(2,32-22(31)33-25)20(29)28(25)19(24)27(16-10-6-5-7-11-16)18-13-9-8-12-17(18)24;1-3-2/h5-13,19H,4,14-15H2,1-3H3;/t19-,23+,24?,25?;/m0./s1. The van der Waals surface area contributed by atoms with Crippen LogP contribution in [-0.4, -0.2) is 56.5 Å². The molecule has 0 aliphatic carbocycles. The van der Waals surface area contributed by atoms with Crippen LogP contribution in [0.1, 0.15) is 38.7 Å². The molecule has 0 radical (unpaired) electrons. The van der Waals surface area contributed by atoms with E-state index in [9.17, 15) is 9.59 Å². The average Bonchev–Trinajstić information content (AvgIpc) is 3.24. The first-order valence-electron chi connectivity index (χ1n) is 11.6. The van der Waals surface area contributed by atoms with Gasteiger partial charge in [-0.05, 0) is 37.1 Å². The molecule has 4 atom stereocenters. The van der Waals surface area contributed by atoms with E-state index >= 15 is 0 Å². The van der Waals surface area contributed by atoms with E-state index in [-0.39, 0.29) is 23.4 Å². The van der Waals surface area contributed by atoms with Gasteiger partial charge in [-0.1, -0.05) is 85.5 Å². The van der Waals surface area contributed by atoms with E-state index in [2.05, 4.69) is 48.2 Å². The molecule has 2 unspecified atom stereocenters. The Morgan fingerprint density at radius 2 is 1.67 bits per heavy atom. The van der Waals surface area contributed by atoms with E-state index < -0.39 is 21.3 Å². The van der Waals surface area contributed by atoms with Gasteiger partial charge in [-0.2, -0.15) is 8.42 Å². The Morgan fingerprint density at radius 3 is 2.33 bits per heavy atom. The van der Waals surface area contributed by atoms with Gasteiger partial charge in [0.1, 0.15) is 9.69 Å². The molecule has 5 heterocycles. The lowest BCUT2D eigenvalue weighted by Gasteiger charge is -2.51. The van der Waals surface area contributed by atoms with Crippen LogP contribution < -0.4 is 4.90 Å². The summed E-state index contributed by atoms with van der Waals surface area (Å²) in [7, 11) is 1.75. The zero-order valence-electron chi connectivity index (χ0n) is 20.0. The molecule has 7 rings (SSSR count). The van der Waals surface area contributed by atoms with Crippen LogP contribution in [0.5, 0.6) is 0 Å². The lowest BCUT2D eigenvalue weighted by molar-refractivity contribution is -0.163. The van der Waals surface area contributed by atoms with E-state index in [1.807, 2.05) is 30.0 Å². The van der Waals surface area contributed by atoms with Crippen LogP contribution in [0.3, 0.4) is 0 Å². The number of hydrogen-bond donors (Lipinski definition) is 0. The van der Waals surface area contributed by atoms with Crippen LogP contribution in [0.25, 0.3) is 0 Å². The third-order valence-corrected chi connectivity index (χ3v) is 10.8. The summed E-state index contributed by atoms with van der Waals surface area (Å²) in [6, 6.07) is 18.7. The predicted molar refractivity (Wildman–Crippen MR) is 147 cm³/mol. The predicted octanol–water partition coefficient (Wildman–Crippen LogP) is 4.41. The molecule has 5 aliphatic heterocycles. The highest BCUT2D eigenvalue weighted by Gasteiger charge is 2.76. The molecule has 4 fully saturated rings. The van der Waals surface area contributed by atoms with Crippen molar-refractivity contribution in [3.8, 4) is 0 Å². The Hall–Kier alpha value is -2.21. The van der Waals surface area contributed by atoms with Crippen molar-refractivity contribution in [3.05, 3.63) is 60.2 Å². The summed E-state index contributed by atoms with van der Waals surface area (Å²) >= 11 is 7.73. The normalized spacial score (nSPS) is 31.9. The van der Waals surface area contributed by atoms with Gasteiger partial charge >= 0.3 is 11.6 Å². The van der Waals surface area contributed by atoms with Crippen molar-refractivity contribution in [1.82, 2.24) is 9.80 Å². The number of carbonyl (C=O) groups is 2. The Bertz CT molecular complexity index is 1300. The quantitative estimate of drug-likeness (QED) is 0.512. The van der Waals surface area contributed by atoms with E-state index in [0.29, 0.717) is 9.95 Å². The number of nitrogens with zero attached hydrogens (tertiary/aromatic N) is 3. The van der Waals surface area contributed by atoms with Crippen molar-refractivity contribution in [2.45, 2.75) is 54.4 Å². The van der Waals surface area contributed by atoms with E-state index in [1.165, 1.54) is 29.1 Å². The fourth-order valence-electron chi connectivity index (χ4n) is 6.39. The van der Waals surface area contributed by atoms with Crippen LogP contribution in [0.15, 0.2) is 54.6 Å². The van der Waals surface area contributed by atoms with Crippen molar-refractivity contribution < 1.29 is 18.0 Å². The summed E-state index contributed by atoms with van der Waals surface area (Å²) in [6.45, 7) is 4.03. The fraction of sp³-hybridized carbons (Fsp3) is 0.400. The molecule has 2 amide bonds. The van der Waals surface area contributed by atoms with Gasteiger partial charge in [0.05, 0.1) is 0 Å². The average molecular weight is 560 g/mol. The molecule has 2 bridgehead atoms. The monoisotopic (exact) mass is 559 g/mol. The molecular formula is C25H25N3O4S4. The minimum absolute atomic E-state index is 0.0164. The Balaban J connectivity index is 0.000000848. The number of carbonyl (C=O) groups excluding carboxylic acids is 2. The minimum atomic E-state index is -1.04. The first kappa shape index (κ1) is 25.4.